The normalized spacial score (nSPS) is 11.6. The Hall–Kier alpha value is -2.07. The highest BCUT2D eigenvalue weighted by Crippen LogP contribution is 2.25. The first-order valence-electron chi connectivity index (χ1n) is 5.63. The van der Waals surface area contributed by atoms with Gasteiger partial charge in [-0.05, 0) is 26.0 Å². The predicted molar refractivity (Wildman–Crippen MR) is 74.7 cm³/mol. The molecule has 4 nitrogen and oxygen atoms in total. The van der Waals surface area contributed by atoms with E-state index in [0.29, 0.717) is 22.2 Å². The molecule has 1 N–H and O–H groups in total. The van der Waals surface area contributed by atoms with Crippen molar-refractivity contribution in [1.29, 1.82) is 0 Å². The first-order chi connectivity index (χ1) is 8.99. The van der Waals surface area contributed by atoms with E-state index in [4.69, 9.17) is 16.0 Å². The highest BCUT2D eigenvalue weighted by atomic mass is 35.5. The summed E-state index contributed by atoms with van der Waals surface area (Å²) in [6, 6.07) is 8.37. The zero-order valence-corrected chi connectivity index (χ0v) is 11.2. The number of aryl methyl sites for hydroxylation is 1. The average molecular weight is 278 g/mol. The van der Waals surface area contributed by atoms with Crippen molar-refractivity contribution in [2.24, 2.45) is 4.99 Å². The molecule has 2 aromatic rings. The monoisotopic (exact) mass is 277 g/mol. The molecule has 0 fully saturated rings. The molecule has 1 heterocycles. The zero-order chi connectivity index (χ0) is 14.0. The number of benzene rings is 1. The summed E-state index contributed by atoms with van der Waals surface area (Å²) in [5.41, 5.74) is 0.303. The molecule has 0 saturated carbocycles. The molecule has 0 amide bonds. The molecular formula is C14H12ClNO3. The largest absolute Gasteiger partial charge is 0.507 e. The molecule has 0 unspecified atom stereocenters. The Labute approximate surface area is 115 Å². The summed E-state index contributed by atoms with van der Waals surface area (Å²) in [7, 11) is 0. The van der Waals surface area contributed by atoms with Gasteiger partial charge < -0.3 is 9.52 Å². The second kappa shape index (κ2) is 5.28. The first kappa shape index (κ1) is 13.4. The van der Waals surface area contributed by atoms with Crippen molar-refractivity contribution in [1.82, 2.24) is 0 Å². The van der Waals surface area contributed by atoms with E-state index in [-0.39, 0.29) is 11.3 Å². The fourth-order valence-corrected chi connectivity index (χ4v) is 1.89. The van der Waals surface area contributed by atoms with E-state index in [2.05, 4.69) is 4.99 Å². The maximum absolute atomic E-state index is 11.7. The van der Waals surface area contributed by atoms with Gasteiger partial charge in [0.05, 0.1) is 16.4 Å². The molecule has 0 aliphatic rings. The molecule has 0 radical (unpaired) electrons. The van der Waals surface area contributed by atoms with Gasteiger partial charge in [-0.15, -0.1) is 0 Å². The van der Waals surface area contributed by atoms with Gasteiger partial charge in [0.15, 0.2) is 0 Å². The van der Waals surface area contributed by atoms with E-state index in [1.807, 2.05) is 0 Å². The lowest BCUT2D eigenvalue weighted by molar-refractivity contribution is 0.432. The molecule has 19 heavy (non-hydrogen) atoms. The third kappa shape index (κ3) is 2.85. The van der Waals surface area contributed by atoms with Crippen molar-refractivity contribution in [3.05, 3.63) is 57.1 Å². The molecule has 2 rings (SSSR count). The lowest BCUT2D eigenvalue weighted by Gasteiger charge is -2.04. The number of hydrogen-bond acceptors (Lipinski definition) is 4. The first-order valence-corrected chi connectivity index (χ1v) is 6.00. The molecule has 0 atom stereocenters. The van der Waals surface area contributed by atoms with Crippen LogP contribution < -0.4 is 5.63 Å². The molecule has 0 aliphatic heterocycles. The highest BCUT2D eigenvalue weighted by molar-refractivity contribution is 6.33. The molecule has 0 saturated heterocycles. The van der Waals surface area contributed by atoms with Crippen LogP contribution in [0.1, 0.15) is 18.2 Å². The minimum atomic E-state index is -0.620. The Morgan fingerprint density at radius 2 is 2.05 bits per heavy atom. The summed E-state index contributed by atoms with van der Waals surface area (Å²) in [5.74, 6) is 0.193. The molecule has 98 valence electrons. The predicted octanol–water partition coefficient (Wildman–Crippen LogP) is 3.45. The summed E-state index contributed by atoms with van der Waals surface area (Å²) >= 11 is 5.99. The number of hydrogen-bond donors (Lipinski definition) is 1. The van der Waals surface area contributed by atoms with Crippen LogP contribution in [0.2, 0.25) is 5.02 Å². The summed E-state index contributed by atoms with van der Waals surface area (Å²) in [5, 5.41) is 10.3. The minimum Gasteiger partial charge on any atom is -0.507 e. The highest BCUT2D eigenvalue weighted by Gasteiger charge is 2.13. The van der Waals surface area contributed by atoms with Crippen molar-refractivity contribution >= 4 is 23.0 Å². The average Bonchev–Trinajstić information content (AvgIpc) is 2.30. The molecular weight excluding hydrogens is 266 g/mol. The molecule has 0 bridgehead atoms. The Balaban J connectivity index is 2.54. The molecule has 0 aliphatic carbocycles. The third-order valence-electron chi connectivity index (χ3n) is 2.56. The van der Waals surface area contributed by atoms with Crippen LogP contribution in [0, 0.1) is 6.92 Å². The summed E-state index contributed by atoms with van der Waals surface area (Å²) in [6.45, 7) is 3.20. The van der Waals surface area contributed by atoms with E-state index in [1.165, 1.54) is 6.07 Å². The number of aliphatic imine (C=N–C) groups is 1. The smallest absolute Gasteiger partial charge is 0.348 e. The summed E-state index contributed by atoms with van der Waals surface area (Å²) < 4.78 is 4.95. The van der Waals surface area contributed by atoms with Crippen LogP contribution >= 0.6 is 11.6 Å². The van der Waals surface area contributed by atoms with E-state index >= 15 is 0 Å². The van der Waals surface area contributed by atoms with Crippen molar-refractivity contribution in [3.63, 3.8) is 0 Å². The fourth-order valence-electron chi connectivity index (χ4n) is 1.71. The van der Waals surface area contributed by atoms with Gasteiger partial charge in [0.1, 0.15) is 17.1 Å². The van der Waals surface area contributed by atoms with Crippen LogP contribution in [0.25, 0.3) is 0 Å². The third-order valence-corrected chi connectivity index (χ3v) is 2.88. The van der Waals surface area contributed by atoms with Crippen LogP contribution in [0.3, 0.4) is 0 Å². The van der Waals surface area contributed by atoms with Crippen molar-refractivity contribution in [2.45, 2.75) is 13.8 Å². The van der Waals surface area contributed by atoms with E-state index in [0.717, 1.165) is 0 Å². The minimum absolute atomic E-state index is 0.0468. The van der Waals surface area contributed by atoms with E-state index in [1.54, 1.807) is 38.1 Å². The Morgan fingerprint density at radius 1 is 1.37 bits per heavy atom. The lowest BCUT2D eigenvalue weighted by atomic mass is 10.1. The Morgan fingerprint density at radius 3 is 2.68 bits per heavy atom. The number of aromatic hydroxyl groups is 1. The van der Waals surface area contributed by atoms with E-state index < -0.39 is 5.63 Å². The van der Waals surface area contributed by atoms with Crippen LogP contribution in [0.15, 0.2) is 44.5 Å². The second-order valence-corrected chi connectivity index (χ2v) is 4.46. The maximum atomic E-state index is 11.7. The Bertz CT molecular complexity index is 704. The summed E-state index contributed by atoms with van der Waals surface area (Å²) in [4.78, 5) is 16.0. The van der Waals surface area contributed by atoms with Gasteiger partial charge in [0.2, 0.25) is 0 Å². The van der Waals surface area contributed by atoms with E-state index in [9.17, 15) is 9.90 Å². The molecule has 0 spiro atoms. The molecule has 1 aromatic carbocycles. The van der Waals surface area contributed by atoms with Crippen molar-refractivity contribution in [3.8, 4) is 5.75 Å². The van der Waals surface area contributed by atoms with Crippen LogP contribution in [0.5, 0.6) is 5.75 Å². The van der Waals surface area contributed by atoms with Gasteiger partial charge in [-0.1, -0.05) is 23.7 Å². The van der Waals surface area contributed by atoms with Gasteiger partial charge in [-0.2, -0.15) is 0 Å². The number of nitrogens with zero attached hydrogens (tertiary/aromatic N) is 1. The van der Waals surface area contributed by atoms with Crippen LogP contribution in [-0.4, -0.2) is 10.8 Å². The topological polar surface area (TPSA) is 62.8 Å². The standard InChI is InChI=1S/C14H12ClNO3/c1-8-7-12(17)13(14(18)19-8)9(2)16-11-6-4-3-5-10(11)15/h3-7,17H,1-2H3. The van der Waals surface area contributed by atoms with Gasteiger partial charge in [0, 0.05) is 6.07 Å². The SMILES string of the molecule is CC(=Nc1ccccc1Cl)c1c(O)cc(C)oc1=O. The fraction of sp³-hybridized carbons (Fsp3) is 0.143. The molecule has 1 aromatic heterocycles. The van der Waals surface area contributed by atoms with Gasteiger partial charge in [0.25, 0.3) is 0 Å². The van der Waals surface area contributed by atoms with Gasteiger partial charge in [-0.25, -0.2) is 4.79 Å². The van der Waals surface area contributed by atoms with Crippen molar-refractivity contribution < 1.29 is 9.52 Å². The second-order valence-electron chi connectivity index (χ2n) is 4.05. The maximum Gasteiger partial charge on any atom is 0.348 e. The lowest BCUT2D eigenvalue weighted by Crippen LogP contribution is -2.12. The Kier molecular flexibility index (Phi) is 3.71. The van der Waals surface area contributed by atoms with Gasteiger partial charge in [-0.3, -0.25) is 4.99 Å². The van der Waals surface area contributed by atoms with Crippen molar-refractivity contribution in [2.75, 3.05) is 0 Å². The van der Waals surface area contributed by atoms with Crippen LogP contribution in [-0.2, 0) is 0 Å². The summed E-state index contributed by atoms with van der Waals surface area (Å²) in [6.07, 6.45) is 0. The number of halogens is 1. The van der Waals surface area contributed by atoms with Crippen LogP contribution in [0.4, 0.5) is 5.69 Å². The number of para-hydroxylation sites is 1. The zero-order valence-electron chi connectivity index (χ0n) is 10.5. The van der Waals surface area contributed by atoms with Gasteiger partial charge >= 0.3 is 5.63 Å². The molecule has 5 heteroatoms. The number of rotatable bonds is 2. The quantitative estimate of drug-likeness (QED) is 0.855.